The Hall–Kier alpha value is -1.07. The zero-order valence-corrected chi connectivity index (χ0v) is 6.87. The lowest BCUT2D eigenvalue weighted by molar-refractivity contribution is 0.145. The van der Waals surface area contributed by atoms with Gasteiger partial charge in [-0.25, -0.2) is 8.78 Å². The Morgan fingerprint density at radius 3 is 2.46 bits per heavy atom. The number of pyridine rings is 1. The Labute approximate surface area is 74.2 Å². The zero-order chi connectivity index (χ0) is 9.84. The molecule has 0 unspecified atom stereocenters. The molecule has 0 bridgehead atoms. The van der Waals surface area contributed by atoms with Crippen LogP contribution in [-0.2, 0) is 13.2 Å². The van der Waals surface area contributed by atoms with E-state index in [1.807, 2.05) is 0 Å². The first-order chi connectivity index (χ1) is 6.20. The molecule has 1 rings (SSSR count). The van der Waals surface area contributed by atoms with Gasteiger partial charge in [0.1, 0.15) is 0 Å². The van der Waals surface area contributed by atoms with E-state index >= 15 is 0 Å². The molecule has 0 radical (unpaired) electrons. The fourth-order valence-electron chi connectivity index (χ4n) is 1.13. The molecule has 1 aromatic heterocycles. The van der Waals surface area contributed by atoms with E-state index in [1.165, 1.54) is 12.4 Å². The van der Waals surface area contributed by atoms with Crippen LogP contribution in [0.1, 0.15) is 23.1 Å². The second-order valence-corrected chi connectivity index (χ2v) is 2.53. The number of alkyl halides is 2. The van der Waals surface area contributed by atoms with Crippen LogP contribution in [0.2, 0.25) is 0 Å². The van der Waals surface area contributed by atoms with E-state index in [-0.39, 0.29) is 23.2 Å². The van der Waals surface area contributed by atoms with Crippen molar-refractivity contribution >= 4 is 0 Å². The van der Waals surface area contributed by atoms with Crippen molar-refractivity contribution in [3.05, 3.63) is 29.1 Å². The molecular weight excluding hydrogens is 178 g/mol. The van der Waals surface area contributed by atoms with E-state index in [2.05, 4.69) is 4.98 Å². The standard InChI is InChI=1S/C8H10F2N2O/c9-8(10)7-5(1-11)2-12-3-6(7)4-13/h2-3,8,13H,1,4,11H2. The molecule has 72 valence electrons. The summed E-state index contributed by atoms with van der Waals surface area (Å²) >= 11 is 0. The SMILES string of the molecule is NCc1cncc(CO)c1C(F)F. The number of hydrogen-bond acceptors (Lipinski definition) is 3. The Bertz CT molecular complexity index is 269. The lowest BCUT2D eigenvalue weighted by atomic mass is 10.1. The summed E-state index contributed by atoms with van der Waals surface area (Å²) in [5, 5.41) is 8.77. The van der Waals surface area contributed by atoms with Crippen LogP contribution in [0.4, 0.5) is 8.78 Å². The highest BCUT2D eigenvalue weighted by atomic mass is 19.3. The number of hydrogen-bond donors (Lipinski definition) is 2. The fraction of sp³-hybridized carbons (Fsp3) is 0.375. The third-order valence-electron chi connectivity index (χ3n) is 1.76. The van der Waals surface area contributed by atoms with Crippen LogP contribution in [0.15, 0.2) is 12.4 Å². The molecule has 0 saturated carbocycles. The predicted octanol–water partition coefficient (Wildman–Crippen LogP) is 0.970. The number of aliphatic hydroxyl groups excluding tert-OH is 1. The molecule has 0 fully saturated rings. The maximum Gasteiger partial charge on any atom is 0.264 e. The molecular formula is C8H10F2N2O. The summed E-state index contributed by atoms with van der Waals surface area (Å²) in [4.78, 5) is 3.70. The topological polar surface area (TPSA) is 59.1 Å². The quantitative estimate of drug-likeness (QED) is 0.743. The highest BCUT2D eigenvalue weighted by molar-refractivity contribution is 5.32. The van der Waals surface area contributed by atoms with Gasteiger partial charge in [0.25, 0.3) is 6.43 Å². The average Bonchev–Trinajstić information content (AvgIpc) is 2.16. The van der Waals surface area contributed by atoms with Crippen LogP contribution >= 0.6 is 0 Å². The van der Waals surface area contributed by atoms with E-state index in [4.69, 9.17) is 10.8 Å². The average molecular weight is 188 g/mol. The molecule has 3 nitrogen and oxygen atoms in total. The Morgan fingerprint density at radius 1 is 1.38 bits per heavy atom. The minimum atomic E-state index is -2.62. The molecule has 0 aliphatic carbocycles. The molecule has 0 amide bonds. The van der Waals surface area contributed by atoms with Crippen LogP contribution < -0.4 is 5.73 Å². The van der Waals surface area contributed by atoms with Gasteiger partial charge in [0, 0.05) is 30.1 Å². The van der Waals surface area contributed by atoms with E-state index in [0.717, 1.165) is 0 Å². The van der Waals surface area contributed by atoms with Crippen molar-refractivity contribution in [2.75, 3.05) is 0 Å². The molecule has 13 heavy (non-hydrogen) atoms. The maximum atomic E-state index is 12.5. The van der Waals surface area contributed by atoms with Gasteiger partial charge in [-0.15, -0.1) is 0 Å². The summed E-state index contributed by atoms with van der Waals surface area (Å²) < 4.78 is 24.9. The Balaban J connectivity index is 3.21. The van der Waals surface area contributed by atoms with Crippen LogP contribution in [0, 0.1) is 0 Å². The third kappa shape index (κ3) is 1.99. The second kappa shape index (κ2) is 4.25. The molecule has 3 N–H and O–H groups in total. The van der Waals surface area contributed by atoms with Crippen molar-refractivity contribution in [1.29, 1.82) is 0 Å². The van der Waals surface area contributed by atoms with Gasteiger partial charge in [-0.1, -0.05) is 0 Å². The normalized spacial score (nSPS) is 10.8. The van der Waals surface area contributed by atoms with Crippen LogP contribution in [0.25, 0.3) is 0 Å². The van der Waals surface area contributed by atoms with Gasteiger partial charge >= 0.3 is 0 Å². The molecule has 0 atom stereocenters. The van der Waals surface area contributed by atoms with Crippen molar-refractivity contribution in [2.24, 2.45) is 5.73 Å². The van der Waals surface area contributed by atoms with E-state index in [0.29, 0.717) is 0 Å². The highest BCUT2D eigenvalue weighted by Gasteiger charge is 2.16. The lowest BCUT2D eigenvalue weighted by Gasteiger charge is -2.10. The summed E-state index contributed by atoms with van der Waals surface area (Å²) in [6, 6.07) is 0. The molecule has 0 saturated heterocycles. The zero-order valence-electron chi connectivity index (χ0n) is 6.87. The number of nitrogens with two attached hydrogens (primary N) is 1. The third-order valence-corrected chi connectivity index (χ3v) is 1.76. The molecule has 5 heteroatoms. The van der Waals surface area contributed by atoms with Gasteiger partial charge in [0.05, 0.1) is 6.61 Å². The largest absolute Gasteiger partial charge is 0.392 e. The second-order valence-electron chi connectivity index (χ2n) is 2.53. The number of aliphatic hydroxyl groups is 1. The van der Waals surface area contributed by atoms with Gasteiger partial charge in [-0.3, -0.25) is 4.98 Å². The number of nitrogens with zero attached hydrogens (tertiary/aromatic N) is 1. The van der Waals surface area contributed by atoms with Crippen LogP contribution in [0.5, 0.6) is 0 Å². The summed E-state index contributed by atoms with van der Waals surface area (Å²) in [6.07, 6.45) is -0.106. The smallest absolute Gasteiger partial charge is 0.264 e. The van der Waals surface area contributed by atoms with Crippen molar-refractivity contribution in [1.82, 2.24) is 4.98 Å². The van der Waals surface area contributed by atoms with E-state index in [9.17, 15) is 8.78 Å². The summed E-state index contributed by atoms with van der Waals surface area (Å²) in [5.74, 6) is 0. The monoisotopic (exact) mass is 188 g/mol. The Morgan fingerprint density at radius 2 is 2.00 bits per heavy atom. The van der Waals surface area contributed by atoms with Gasteiger partial charge < -0.3 is 10.8 Å². The number of aromatic nitrogens is 1. The van der Waals surface area contributed by atoms with Crippen LogP contribution in [0.3, 0.4) is 0 Å². The molecule has 0 aliphatic rings. The summed E-state index contributed by atoms with van der Waals surface area (Å²) in [5.41, 5.74) is 5.48. The summed E-state index contributed by atoms with van der Waals surface area (Å²) in [7, 11) is 0. The minimum Gasteiger partial charge on any atom is -0.392 e. The molecule has 0 aromatic carbocycles. The number of halogens is 2. The fourth-order valence-corrected chi connectivity index (χ4v) is 1.13. The minimum absolute atomic E-state index is 0.000509. The molecule has 1 aromatic rings. The molecule has 0 aliphatic heterocycles. The summed E-state index contributed by atoms with van der Waals surface area (Å²) in [6.45, 7) is -0.443. The first-order valence-corrected chi connectivity index (χ1v) is 3.75. The van der Waals surface area contributed by atoms with Crippen LogP contribution in [-0.4, -0.2) is 10.1 Å². The van der Waals surface area contributed by atoms with Gasteiger partial charge in [-0.05, 0) is 5.56 Å². The highest BCUT2D eigenvalue weighted by Crippen LogP contribution is 2.25. The van der Waals surface area contributed by atoms with Gasteiger partial charge in [-0.2, -0.15) is 0 Å². The lowest BCUT2D eigenvalue weighted by Crippen LogP contribution is -2.06. The van der Waals surface area contributed by atoms with E-state index < -0.39 is 13.0 Å². The van der Waals surface area contributed by atoms with Crippen molar-refractivity contribution < 1.29 is 13.9 Å². The first-order valence-electron chi connectivity index (χ1n) is 3.75. The number of rotatable bonds is 3. The molecule has 1 heterocycles. The van der Waals surface area contributed by atoms with E-state index in [1.54, 1.807) is 0 Å². The molecule has 0 spiro atoms. The maximum absolute atomic E-state index is 12.5. The van der Waals surface area contributed by atoms with Crippen molar-refractivity contribution in [3.63, 3.8) is 0 Å². The van der Waals surface area contributed by atoms with Gasteiger partial charge in [0.15, 0.2) is 0 Å². The van der Waals surface area contributed by atoms with Crippen molar-refractivity contribution in [2.45, 2.75) is 19.6 Å². The Kier molecular flexibility index (Phi) is 3.27. The van der Waals surface area contributed by atoms with Gasteiger partial charge in [0.2, 0.25) is 0 Å². The first kappa shape index (κ1) is 10.0. The van der Waals surface area contributed by atoms with Crippen molar-refractivity contribution in [3.8, 4) is 0 Å². The predicted molar refractivity (Wildman–Crippen MR) is 43.0 cm³/mol.